The van der Waals surface area contributed by atoms with Gasteiger partial charge in [0.15, 0.2) is 0 Å². The minimum atomic E-state index is -0.262. The van der Waals surface area contributed by atoms with E-state index in [0.29, 0.717) is 5.92 Å². The summed E-state index contributed by atoms with van der Waals surface area (Å²) < 4.78 is 0. The molecule has 2 N–H and O–H groups in total. The van der Waals surface area contributed by atoms with Crippen molar-refractivity contribution in [3.8, 4) is 0 Å². The van der Waals surface area contributed by atoms with Crippen molar-refractivity contribution in [2.75, 3.05) is 6.61 Å². The molecule has 0 bridgehead atoms. The highest BCUT2D eigenvalue weighted by Gasteiger charge is 2.48. The summed E-state index contributed by atoms with van der Waals surface area (Å²) in [4.78, 5) is 0. The van der Waals surface area contributed by atoms with Crippen molar-refractivity contribution < 1.29 is 10.2 Å². The Balaban J connectivity index is 5.49. The van der Waals surface area contributed by atoms with Crippen LogP contribution in [0.3, 0.4) is 0 Å². The monoisotopic (exact) mass is 300 g/mol. The normalized spacial score (nSPS) is 20.6. The lowest BCUT2D eigenvalue weighted by atomic mass is 9.56. The van der Waals surface area contributed by atoms with Crippen LogP contribution in [0.5, 0.6) is 0 Å². The maximum absolute atomic E-state index is 10.8. The molecular formula is C19H40O2. The highest BCUT2D eigenvalue weighted by Crippen LogP contribution is 2.51. The smallest absolute Gasteiger partial charge is 0.0596 e. The standard InChI is InChI=1S/C19H40O2/c1-7-12-13-17(21)18(6,10-4)16(9-3)19(11-5,15-20)14-8-2/h16-17,20-21H,7-15H2,1-6H3. The van der Waals surface area contributed by atoms with Gasteiger partial charge in [0.25, 0.3) is 0 Å². The van der Waals surface area contributed by atoms with E-state index in [-0.39, 0.29) is 23.5 Å². The first-order valence-corrected chi connectivity index (χ1v) is 9.21. The van der Waals surface area contributed by atoms with E-state index in [4.69, 9.17) is 0 Å². The highest BCUT2D eigenvalue weighted by atomic mass is 16.3. The second-order valence-corrected chi connectivity index (χ2v) is 7.10. The number of hydrogen-bond acceptors (Lipinski definition) is 2. The average molecular weight is 301 g/mol. The molecule has 0 saturated heterocycles. The van der Waals surface area contributed by atoms with Crippen LogP contribution < -0.4 is 0 Å². The Bertz CT molecular complexity index is 260. The molecule has 0 saturated carbocycles. The van der Waals surface area contributed by atoms with Crippen LogP contribution in [0.15, 0.2) is 0 Å². The minimum absolute atomic E-state index is 0.0402. The van der Waals surface area contributed by atoms with E-state index in [9.17, 15) is 10.2 Å². The number of aliphatic hydroxyl groups is 2. The van der Waals surface area contributed by atoms with Crippen LogP contribution in [-0.4, -0.2) is 22.9 Å². The fourth-order valence-corrected chi connectivity index (χ4v) is 4.44. The number of rotatable bonds is 12. The van der Waals surface area contributed by atoms with Crippen LogP contribution in [0.25, 0.3) is 0 Å². The van der Waals surface area contributed by atoms with Gasteiger partial charge in [-0.2, -0.15) is 0 Å². The van der Waals surface area contributed by atoms with Gasteiger partial charge in [-0.05, 0) is 42.4 Å². The predicted octanol–water partition coefficient (Wildman–Crippen LogP) is 5.17. The quantitative estimate of drug-likeness (QED) is 0.522. The molecule has 4 atom stereocenters. The maximum atomic E-state index is 10.8. The van der Waals surface area contributed by atoms with Gasteiger partial charge in [0.2, 0.25) is 0 Å². The van der Waals surface area contributed by atoms with Crippen molar-refractivity contribution in [3.63, 3.8) is 0 Å². The van der Waals surface area contributed by atoms with Crippen molar-refractivity contribution in [1.29, 1.82) is 0 Å². The Morgan fingerprint density at radius 3 is 1.90 bits per heavy atom. The summed E-state index contributed by atoms with van der Waals surface area (Å²) in [6, 6.07) is 0. The summed E-state index contributed by atoms with van der Waals surface area (Å²) in [6.45, 7) is 13.5. The van der Waals surface area contributed by atoms with Crippen LogP contribution in [0.4, 0.5) is 0 Å². The van der Waals surface area contributed by atoms with Gasteiger partial charge < -0.3 is 10.2 Å². The van der Waals surface area contributed by atoms with Crippen molar-refractivity contribution in [2.24, 2.45) is 16.7 Å². The Morgan fingerprint density at radius 2 is 1.57 bits per heavy atom. The average Bonchev–Trinajstić information content (AvgIpc) is 2.51. The summed E-state index contributed by atoms with van der Waals surface area (Å²) in [5.41, 5.74) is -0.140. The summed E-state index contributed by atoms with van der Waals surface area (Å²) in [7, 11) is 0. The van der Waals surface area contributed by atoms with Gasteiger partial charge in [0, 0.05) is 6.61 Å². The molecule has 0 rings (SSSR count). The zero-order valence-electron chi connectivity index (χ0n) is 15.4. The molecule has 0 aromatic heterocycles. The molecule has 0 aromatic carbocycles. The third kappa shape index (κ3) is 4.69. The highest BCUT2D eigenvalue weighted by molar-refractivity contribution is 4.97. The molecular weight excluding hydrogens is 260 g/mol. The van der Waals surface area contributed by atoms with Gasteiger partial charge in [-0.1, -0.05) is 67.2 Å². The van der Waals surface area contributed by atoms with Gasteiger partial charge in [0.05, 0.1) is 6.10 Å². The summed E-state index contributed by atoms with van der Waals surface area (Å²) in [5.74, 6) is 0.372. The van der Waals surface area contributed by atoms with Gasteiger partial charge in [0.1, 0.15) is 0 Å². The van der Waals surface area contributed by atoms with E-state index >= 15 is 0 Å². The van der Waals surface area contributed by atoms with Gasteiger partial charge in [-0.15, -0.1) is 0 Å². The molecule has 0 heterocycles. The molecule has 4 unspecified atom stereocenters. The van der Waals surface area contributed by atoms with Crippen molar-refractivity contribution in [3.05, 3.63) is 0 Å². The Morgan fingerprint density at radius 1 is 0.952 bits per heavy atom. The molecule has 0 aliphatic heterocycles. The summed E-state index contributed by atoms with van der Waals surface area (Å²) >= 11 is 0. The van der Waals surface area contributed by atoms with Gasteiger partial charge in [-0.25, -0.2) is 0 Å². The second kappa shape index (κ2) is 9.84. The lowest BCUT2D eigenvalue weighted by molar-refractivity contribution is -0.0924. The second-order valence-electron chi connectivity index (χ2n) is 7.10. The molecule has 0 radical (unpaired) electrons. The first-order valence-electron chi connectivity index (χ1n) is 9.21. The van der Waals surface area contributed by atoms with Crippen LogP contribution >= 0.6 is 0 Å². The first kappa shape index (κ1) is 20.9. The Hall–Kier alpha value is -0.0800. The van der Waals surface area contributed by atoms with E-state index in [1.165, 1.54) is 0 Å². The van der Waals surface area contributed by atoms with Gasteiger partial charge >= 0.3 is 0 Å². The number of unbranched alkanes of at least 4 members (excludes halogenated alkanes) is 1. The molecule has 2 nitrogen and oxygen atoms in total. The van der Waals surface area contributed by atoms with Crippen molar-refractivity contribution in [2.45, 2.75) is 99.0 Å². The SMILES string of the molecule is CCCCC(O)C(C)(CC)C(CC)C(CC)(CO)CCC. The van der Waals surface area contributed by atoms with Crippen LogP contribution in [-0.2, 0) is 0 Å². The van der Waals surface area contributed by atoms with Crippen LogP contribution in [0, 0.1) is 16.7 Å². The molecule has 0 aliphatic rings. The lowest BCUT2D eigenvalue weighted by Crippen LogP contribution is -2.48. The van der Waals surface area contributed by atoms with Gasteiger partial charge in [-0.3, -0.25) is 0 Å². The number of hydrogen-bond donors (Lipinski definition) is 2. The largest absolute Gasteiger partial charge is 0.396 e. The Kier molecular flexibility index (Phi) is 9.80. The zero-order chi connectivity index (χ0) is 16.5. The summed E-state index contributed by atoms with van der Waals surface area (Å²) in [5, 5.41) is 21.0. The van der Waals surface area contributed by atoms with E-state index in [1.54, 1.807) is 0 Å². The fourth-order valence-electron chi connectivity index (χ4n) is 4.44. The molecule has 21 heavy (non-hydrogen) atoms. The van der Waals surface area contributed by atoms with Crippen LogP contribution in [0.1, 0.15) is 92.9 Å². The molecule has 0 spiro atoms. The van der Waals surface area contributed by atoms with E-state index in [2.05, 4.69) is 41.5 Å². The predicted molar refractivity (Wildman–Crippen MR) is 92.4 cm³/mol. The first-order chi connectivity index (χ1) is 9.92. The van der Waals surface area contributed by atoms with Crippen molar-refractivity contribution >= 4 is 0 Å². The molecule has 2 heteroatoms. The van der Waals surface area contributed by atoms with E-state index in [1.807, 2.05) is 0 Å². The third-order valence-electron chi connectivity index (χ3n) is 6.06. The van der Waals surface area contributed by atoms with E-state index in [0.717, 1.165) is 51.4 Å². The number of aliphatic hydroxyl groups excluding tert-OH is 2. The fraction of sp³-hybridized carbons (Fsp3) is 1.00. The molecule has 128 valence electrons. The third-order valence-corrected chi connectivity index (χ3v) is 6.06. The Labute approximate surface area is 133 Å². The molecule has 0 aromatic rings. The van der Waals surface area contributed by atoms with Crippen LogP contribution in [0.2, 0.25) is 0 Å². The lowest BCUT2D eigenvalue weighted by Gasteiger charge is -2.51. The maximum Gasteiger partial charge on any atom is 0.0596 e. The van der Waals surface area contributed by atoms with E-state index < -0.39 is 0 Å². The topological polar surface area (TPSA) is 40.5 Å². The molecule has 0 fully saturated rings. The minimum Gasteiger partial charge on any atom is -0.396 e. The molecule has 0 amide bonds. The zero-order valence-corrected chi connectivity index (χ0v) is 15.4. The molecule has 0 aliphatic carbocycles. The van der Waals surface area contributed by atoms with Crippen molar-refractivity contribution in [1.82, 2.24) is 0 Å². The summed E-state index contributed by atoms with van der Waals surface area (Å²) in [6.07, 6.45) is 7.97.